The lowest BCUT2D eigenvalue weighted by atomic mass is 10.2. The number of anilines is 2. The normalized spacial score (nSPS) is 21.9. The SMILES string of the molecule is CNc1ncc([N+](=O)[O-])c(N2CC(O)CC2CN(C)C)n1. The van der Waals surface area contributed by atoms with E-state index in [1.54, 1.807) is 11.9 Å². The van der Waals surface area contributed by atoms with Gasteiger partial charge in [0.2, 0.25) is 11.8 Å². The van der Waals surface area contributed by atoms with E-state index >= 15 is 0 Å². The average Bonchev–Trinajstić information content (AvgIpc) is 2.77. The van der Waals surface area contributed by atoms with Crippen molar-refractivity contribution in [3.8, 4) is 0 Å². The smallest absolute Gasteiger partial charge is 0.329 e. The van der Waals surface area contributed by atoms with Gasteiger partial charge in [0.05, 0.1) is 11.0 Å². The van der Waals surface area contributed by atoms with Crippen LogP contribution in [0.15, 0.2) is 6.20 Å². The van der Waals surface area contributed by atoms with Gasteiger partial charge in [0.15, 0.2) is 0 Å². The molecule has 1 aromatic heterocycles. The first kappa shape index (κ1) is 15.4. The summed E-state index contributed by atoms with van der Waals surface area (Å²) in [5.41, 5.74) is -0.146. The van der Waals surface area contributed by atoms with Gasteiger partial charge in [0.25, 0.3) is 0 Å². The van der Waals surface area contributed by atoms with E-state index in [0.717, 1.165) is 0 Å². The molecule has 2 N–H and O–H groups in total. The lowest BCUT2D eigenvalue weighted by Gasteiger charge is -2.27. The van der Waals surface area contributed by atoms with Gasteiger partial charge in [-0.25, -0.2) is 4.98 Å². The van der Waals surface area contributed by atoms with Crippen LogP contribution >= 0.6 is 0 Å². The number of rotatable bonds is 5. The van der Waals surface area contributed by atoms with Gasteiger partial charge in [-0.15, -0.1) is 0 Å². The Bertz CT molecular complexity index is 524. The summed E-state index contributed by atoms with van der Waals surface area (Å²) < 4.78 is 0. The number of nitrogens with zero attached hydrogens (tertiary/aromatic N) is 5. The number of hydrogen-bond acceptors (Lipinski definition) is 8. The first-order valence-corrected chi connectivity index (χ1v) is 6.71. The molecule has 2 heterocycles. The Balaban J connectivity index is 2.39. The summed E-state index contributed by atoms with van der Waals surface area (Å²) in [6, 6.07) is -0.0201. The standard InChI is InChI=1S/C12H20N6O3/c1-13-12-14-5-10(18(20)21)11(15-12)17-7-9(19)4-8(17)6-16(2)3/h5,8-9,19H,4,6-7H2,1-3H3,(H,13,14,15). The van der Waals surface area contributed by atoms with Gasteiger partial charge in [0.1, 0.15) is 6.20 Å². The Morgan fingerprint density at radius 2 is 2.33 bits per heavy atom. The molecule has 9 heteroatoms. The van der Waals surface area contributed by atoms with E-state index in [1.165, 1.54) is 6.20 Å². The van der Waals surface area contributed by atoms with E-state index in [-0.39, 0.29) is 17.5 Å². The highest BCUT2D eigenvalue weighted by molar-refractivity contribution is 5.60. The van der Waals surface area contributed by atoms with Crippen molar-refractivity contribution in [2.75, 3.05) is 44.4 Å². The Morgan fingerprint density at radius 1 is 1.62 bits per heavy atom. The Kier molecular flexibility index (Phi) is 4.53. The molecule has 0 aliphatic carbocycles. The summed E-state index contributed by atoms with van der Waals surface area (Å²) >= 11 is 0. The van der Waals surface area contributed by atoms with Crippen LogP contribution in [0.25, 0.3) is 0 Å². The average molecular weight is 296 g/mol. The number of likely N-dealkylation sites (N-methyl/N-ethyl adjacent to an activating group) is 1. The molecule has 0 radical (unpaired) electrons. The lowest BCUT2D eigenvalue weighted by molar-refractivity contribution is -0.384. The third-order valence-electron chi connectivity index (χ3n) is 3.41. The molecule has 2 unspecified atom stereocenters. The quantitative estimate of drug-likeness (QED) is 0.574. The molecule has 0 spiro atoms. The van der Waals surface area contributed by atoms with Gasteiger partial charge in [0, 0.05) is 26.2 Å². The van der Waals surface area contributed by atoms with E-state index in [4.69, 9.17) is 0 Å². The number of aliphatic hydroxyl groups is 1. The molecule has 116 valence electrons. The molecular weight excluding hydrogens is 276 g/mol. The van der Waals surface area contributed by atoms with Gasteiger partial charge in [-0.1, -0.05) is 0 Å². The zero-order valence-corrected chi connectivity index (χ0v) is 12.4. The monoisotopic (exact) mass is 296 g/mol. The van der Waals surface area contributed by atoms with Gasteiger partial charge >= 0.3 is 5.69 Å². The van der Waals surface area contributed by atoms with E-state index in [1.807, 2.05) is 19.0 Å². The Hall–Kier alpha value is -2.00. The number of β-amino-alcohol motifs (C(OH)–C–C–N with tert-alkyl or cyclic N) is 1. The van der Waals surface area contributed by atoms with Crippen molar-refractivity contribution in [3.63, 3.8) is 0 Å². The second-order valence-corrected chi connectivity index (χ2v) is 5.37. The minimum absolute atomic E-state index is 0.0201. The van der Waals surface area contributed by atoms with Crippen LogP contribution in [-0.2, 0) is 0 Å². The van der Waals surface area contributed by atoms with Gasteiger partial charge in [-0.3, -0.25) is 10.1 Å². The zero-order valence-electron chi connectivity index (χ0n) is 12.4. The van der Waals surface area contributed by atoms with Crippen molar-refractivity contribution < 1.29 is 10.0 Å². The predicted molar refractivity (Wildman–Crippen MR) is 78.5 cm³/mol. The van der Waals surface area contributed by atoms with Crippen molar-refractivity contribution in [2.45, 2.75) is 18.6 Å². The maximum Gasteiger partial charge on any atom is 0.329 e. The van der Waals surface area contributed by atoms with Crippen LogP contribution in [0.4, 0.5) is 17.5 Å². The maximum absolute atomic E-state index is 11.2. The summed E-state index contributed by atoms with van der Waals surface area (Å²) in [4.78, 5) is 22.6. The fourth-order valence-electron chi connectivity index (χ4n) is 2.57. The largest absolute Gasteiger partial charge is 0.391 e. The molecule has 2 atom stereocenters. The molecule has 0 amide bonds. The Morgan fingerprint density at radius 3 is 2.90 bits per heavy atom. The molecule has 1 saturated heterocycles. The Labute approximate surface area is 122 Å². The molecule has 0 saturated carbocycles. The van der Waals surface area contributed by atoms with Gasteiger partial charge < -0.3 is 20.2 Å². The summed E-state index contributed by atoms with van der Waals surface area (Å²) in [6.45, 7) is 1.02. The molecule has 2 rings (SSSR count). The second kappa shape index (κ2) is 6.19. The third-order valence-corrected chi connectivity index (χ3v) is 3.41. The van der Waals surface area contributed by atoms with Crippen molar-refractivity contribution in [1.82, 2.24) is 14.9 Å². The summed E-state index contributed by atoms with van der Waals surface area (Å²) in [7, 11) is 5.51. The van der Waals surface area contributed by atoms with E-state index in [2.05, 4.69) is 15.3 Å². The number of aromatic nitrogens is 2. The first-order chi connectivity index (χ1) is 9.92. The maximum atomic E-state index is 11.2. The van der Waals surface area contributed by atoms with Gasteiger partial charge in [-0.2, -0.15) is 4.98 Å². The summed E-state index contributed by atoms with van der Waals surface area (Å²) in [5, 5.41) is 23.9. The lowest BCUT2D eigenvalue weighted by Crippen LogP contribution is -2.38. The van der Waals surface area contributed by atoms with Crippen LogP contribution in [0.1, 0.15) is 6.42 Å². The van der Waals surface area contributed by atoms with Crippen molar-refractivity contribution in [2.24, 2.45) is 0 Å². The fourth-order valence-corrected chi connectivity index (χ4v) is 2.57. The molecule has 9 nitrogen and oxygen atoms in total. The molecule has 1 aliphatic heterocycles. The van der Waals surface area contributed by atoms with Gasteiger partial charge in [-0.05, 0) is 20.5 Å². The summed E-state index contributed by atoms with van der Waals surface area (Å²) in [5.74, 6) is 0.573. The fraction of sp³-hybridized carbons (Fsp3) is 0.667. The molecule has 0 aromatic carbocycles. The highest BCUT2D eigenvalue weighted by atomic mass is 16.6. The van der Waals surface area contributed by atoms with Crippen LogP contribution in [0, 0.1) is 10.1 Å². The number of aliphatic hydroxyl groups excluding tert-OH is 1. The third kappa shape index (κ3) is 3.37. The predicted octanol–water partition coefficient (Wildman–Crippen LogP) is -0.0723. The van der Waals surface area contributed by atoms with Crippen LogP contribution in [0.2, 0.25) is 0 Å². The molecule has 21 heavy (non-hydrogen) atoms. The molecule has 1 aromatic rings. The second-order valence-electron chi connectivity index (χ2n) is 5.37. The van der Waals surface area contributed by atoms with E-state index < -0.39 is 11.0 Å². The molecule has 1 aliphatic rings. The minimum atomic E-state index is -0.512. The minimum Gasteiger partial charge on any atom is -0.391 e. The molecular formula is C12H20N6O3. The topological polar surface area (TPSA) is 108 Å². The molecule has 0 bridgehead atoms. The highest BCUT2D eigenvalue weighted by Crippen LogP contribution is 2.32. The number of nitrogens with one attached hydrogen (secondary N) is 1. The van der Waals surface area contributed by atoms with Crippen molar-refractivity contribution in [1.29, 1.82) is 0 Å². The molecule has 1 fully saturated rings. The number of nitro groups is 1. The first-order valence-electron chi connectivity index (χ1n) is 6.71. The van der Waals surface area contributed by atoms with Crippen LogP contribution in [-0.4, -0.2) is 71.3 Å². The van der Waals surface area contributed by atoms with E-state index in [9.17, 15) is 15.2 Å². The van der Waals surface area contributed by atoms with Crippen LogP contribution < -0.4 is 10.2 Å². The summed E-state index contributed by atoms with van der Waals surface area (Å²) in [6.07, 6.45) is 1.25. The van der Waals surface area contributed by atoms with Crippen LogP contribution in [0.5, 0.6) is 0 Å². The van der Waals surface area contributed by atoms with Crippen molar-refractivity contribution >= 4 is 17.5 Å². The zero-order chi connectivity index (χ0) is 15.6. The van der Waals surface area contributed by atoms with Crippen molar-refractivity contribution in [3.05, 3.63) is 16.3 Å². The van der Waals surface area contributed by atoms with E-state index in [0.29, 0.717) is 25.5 Å². The highest BCUT2D eigenvalue weighted by Gasteiger charge is 2.36. The van der Waals surface area contributed by atoms with Crippen LogP contribution in [0.3, 0.4) is 0 Å². The number of hydrogen-bond donors (Lipinski definition) is 2.